The molecule has 10 heterocycles. The van der Waals surface area contributed by atoms with Crippen molar-refractivity contribution in [2.45, 2.75) is 37.8 Å². The highest BCUT2D eigenvalue weighted by Crippen LogP contribution is 2.41. The molecule has 18 nitrogen and oxygen atoms in total. The lowest BCUT2D eigenvalue weighted by molar-refractivity contribution is 0.145. The highest BCUT2D eigenvalue weighted by atomic mass is 35.5. The van der Waals surface area contributed by atoms with Gasteiger partial charge in [0, 0.05) is 68.9 Å². The molecule has 4 amide bonds. The molecule has 0 radical (unpaired) electrons. The van der Waals surface area contributed by atoms with E-state index in [4.69, 9.17) is 21.6 Å². The Kier molecular flexibility index (Phi) is 13.0. The number of hydrogen-bond donors (Lipinski definition) is 4. The number of carbonyl (C=O) groups is 2. The van der Waals surface area contributed by atoms with Crippen molar-refractivity contribution in [2.75, 3.05) is 56.4 Å². The molecule has 2 atom stereocenters. The number of aromatic nitrogens is 8. The van der Waals surface area contributed by atoms with Crippen molar-refractivity contribution >= 4 is 70.9 Å². The first-order valence-corrected chi connectivity index (χ1v) is 20.1. The number of urea groups is 2. The Morgan fingerprint density at radius 1 is 0.672 bits per heavy atom. The molecule has 4 aliphatic rings. The number of hydrogen-bond acceptors (Lipinski definition) is 14. The number of carbonyl (C=O) groups excluding carboxylic acids is 2. The minimum atomic E-state index is -2.69. The Balaban J connectivity index is 0.000000144. The smallest absolute Gasteiger partial charge is 0.423 e. The molecule has 0 unspecified atom stereocenters. The van der Waals surface area contributed by atoms with Crippen LogP contribution in [0.4, 0.5) is 61.8 Å². The van der Waals surface area contributed by atoms with Gasteiger partial charge in [-0.2, -0.15) is 0 Å². The molecule has 6 aromatic heterocycles. The zero-order chi connectivity index (χ0) is 44.9. The van der Waals surface area contributed by atoms with E-state index in [-0.39, 0.29) is 35.3 Å². The van der Waals surface area contributed by atoms with Gasteiger partial charge in [-0.25, -0.2) is 47.1 Å². The molecular formula is C40H36BClF4N14O4. The van der Waals surface area contributed by atoms with Crippen molar-refractivity contribution in [1.82, 2.24) is 39.9 Å². The highest BCUT2D eigenvalue weighted by molar-refractivity contribution is 6.58. The number of fused-ring (bicyclic) bond motifs is 8. The van der Waals surface area contributed by atoms with Gasteiger partial charge in [0.15, 0.2) is 23.3 Å². The lowest BCUT2D eigenvalue weighted by Gasteiger charge is -2.35. The molecule has 4 bridgehead atoms. The first kappa shape index (κ1) is 43.5. The fourth-order valence-electron chi connectivity index (χ4n) is 7.62. The van der Waals surface area contributed by atoms with Crippen LogP contribution in [0.1, 0.15) is 37.1 Å². The molecule has 2 fully saturated rings. The number of nitrogens with one attached hydrogen (secondary N) is 2. The molecule has 4 aliphatic heterocycles. The van der Waals surface area contributed by atoms with Crippen LogP contribution in [0.2, 0.25) is 5.15 Å². The fraction of sp³-hybridized carbons (Fsp3) is 0.250. The normalized spacial score (nSPS) is 16.6. The summed E-state index contributed by atoms with van der Waals surface area (Å²) in [5, 5.41) is 23.1. The zero-order valence-corrected chi connectivity index (χ0v) is 34.1. The van der Waals surface area contributed by atoms with E-state index in [0.29, 0.717) is 46.2 Å². The van der Waals surface area contributed by atoms with Crippen LogP contribution in [0.15, 0.2) is 98.1 Å². The monoisotopic (exact) mass is 898 g/mol. The third-order valence-electron chi connectivity index (χ3n) is 10.5. The van der Waals surface area contributed by atoms with Gasteiger partial charge in [0.05, 0.1) is 41.5 Å². The minimum absolute atomic E-state index is 0.0142. The zero-order valence-electron chi connectivity index (χ0n) is 33.3. The Morgan fingerprint density at radius 3 is 1.73 bits per heavy atom. The molecule has 0 spiro atoms. The molecule has 328 valence electrons. The molecule has 2 saturated heterocycles. The second kappa shape index (κ2) is 19.1. The quantitative estimate of drug-likeness (QED) is 0.0942. The van der Waals surface area contributed by atoms with Crippen LogP contribution in [-0.2, 0) is 0 Å². The number of anilines is 6. The van der Waals surface area contributed by atoms with Gasteiger partial charge < -0.3 is 19.8 Å². The third kappa shape index (κ3) is 9.60. The Hall–Kier alpha value is -7.11. The van der Waals surface area contributed by atoms with Gasteiger partial charge in [-0.1, -0.05) is 11.6 Å². The van der Waals surface area contributed by atoms with Crippen molar-refractivity contribution in [3.05, 3.63) is 115 Å². The number of nitrogens with zero attached hydrogens (tertiary/aromatic N) is 12. The molecule has 64 heavy (non-hydrogen) atoms. The SMILES string of the molecule is O=C(Nc1cnccn1)N1c2nc(-c3ccnc(C(F)F)c3)ccc2N2CC[C@H]1C2.O=C(Nc1cnccn1)N1c2nc(Cl)ccc2N2CC[C@H]1C2.OB(O)c1ccnc(C(F)F)c1. The topological polar surface area (TPSA) is 215 Å². The van der Waals surface area contributed by atoms with Gasteiger partial charge in [-0.3, -0.25) is 40.4 Å². The second-order valence-corrected chi connectivity index (χ2v) is 14.9. The summed E-state index contributed by atoms with van der Waals surface area (Å²) in [7, 11) is -1.73. The lowest BCUT2D eigenvalue weighted by Crippen LogP contribution is -2.48. The Morgan fingerprint density at radius 2 is 1.20 bits per heavy atom. The van der Waals surface area contributed by atoms with Gasteiger partial charge >= 0.3 is 19.2 Å². The van der Waals surface area contributed by atoms with E-state index >= 15 is 0 Å². The maximum atomic E-state index is 13.1. The third-order valence-corrected chi connectivity index (χ3v) is 10.7. The van der Waals surface area contributed by atoms with Gasteiger partial charge in [0.25, 0.3) is 12.9 Å². The van der Waals surface area contributed by atoms with E-state index < -0.39 is 25.7 Å². The minimum Gasteiger partial charge on any atom is -0.423 e. The molecule has 10 rings (SSSR count). The van der Waals surface area contributed by atoms with Gasteiger partial charge in [-0.05, 0) is 66.8 Å². The molecule has 24 heteroatoms. The summed E-state index contributed by atoms with van der Waals surface area (Å²) >= 11 is 6.01. The number of alkyl halides is 4. The number of amides is 4. The van der Waals surface area contributed by atoms with E-state index in [1.807, 2.05) is 12.1 Å². The summed E-state index contributed by atoms with van der Waals surface area (Å²) in [6.45, 7) is 3.26. The van der Waals surface area contributed by atoms with Crippen molar-refractivity contribution in [3.8, 4) is 11.3 Å². The standard InChI is InChI=1S/C20H17F2N7O.C14H13ClN6O.C6H6BF2NO2/c21-18(22)15-9-12(3-5-24-15)14-1-2-16-19(26-14)29(13-4-8-28(16)11-13)20(30)27-17-10-23-6-7-25-17;15-11-2-1-10-13(18-11)21(9-3-6-20(10)8-9)14(22)19-12-7-16-4-5-17-12;8-6(9)5-3-4(7(11)12)1-2-10-5/h1-3,5-7,9-10,13,18H,4,8,11H2,(H,25,27,30);1-2,4-5,7,9H,3,6,8H2,(H,17,19,22);1-3,6,11-12H/t13-;9-;/m00./s1. The van der Waals surface area contributed by atoms with Crippen LogP contribution in [0.3, 0.4) is 0 Å². The molecular weight excluding hydrogens is 863 g/mol. The summed E-state index contributed by atoms with van der Waals surface area (Å²) in [5.74, 6) is 1.86. The summed E-state index contributed by atoms with van der Waals surface area (Å²) in [5.41, 5.74) is 2.04. The molecule has 6 aromatic rings. The average molecular weight is 899 g/mol. The fourth-order valence-corrected chi connectivity index (χ4v) is 7.76. The first-order valence-electron chi connectivity index (χ1n) is 19.7. The van der Waals surface area contributed by atoms with Crippen LogP contribution in [0, 0.1) is 0 Å². The highest BCUT2D eigenvalue weighted by Gasteiger charge is 2.42. The average Bonchev–Trinajstić information content (AvgIpc) is 3.92. The van der Waals surface area contributed by atoms with Crippen molar-refractivity contribution in [2.24, 2.45) is 0 Å². The lowest BCUT2D eigenvalue weighted by atomic mass is 9.81. The summed E-state index contributed by atoms with van der Waals surface area (Å²) < 4.78 is 50.1. The Bertz CT molecular complexity index is 2590. The maximum Gasteiger partial charge on any atom is 0.488 e. The molecule has 0 aromatic carbocycles. The summed E-state index contributed by atoms with van der Waals surface area (Å²) in [4.78, 5) is 65.6. The number of halogens is 5. The van der Waals surface area contributed by atoms with Gasteiger partial charge in [0.1, 0.15) is 16.5 Å². The van der Waals surface area contributed by atoms with Gasteiger partial charge in [-0.15, -0.1) is 0 Å². The first-order chi connectivity index (χ1) is 30.9. The largest absolute Gasteiger partial charge is 0.488 e. The predicted octanol–water partition coefficient (Wildman–Crippen LogP) is 5.36. The summed E-state index contributed by atoms with van der Waals surface area (Å²) in [6, 6.07) is 11.9. The molecule has 4 N–H and O–H groups in total. The van der Waals surface area contributed by atoms with Crippen molar-refractivity contribution in [1.29, 1.82) is 0 Å². The van der Waals surface area contributed by atoms with Crippen LogP contribution in [0.25, 0.3) is 11.3 Å². The molecule has 0 aliphatic carbocycles. The Labute approximate surface area is 367 Å². The van der Waals surface area contributed by atoms with E-state index in [1.54, 1.807) is 34.2 Å². The van der Waals surface area contributed by atoms with E-state index in [0.717, 1.165) is 56.1 Å². The van der Waals surface area contributed by atoms with Crippen molar-refractivity contribution < 1.29 is 37.2 Å². The van der Waals surface area contributed by atoms with E-state index in [2.05, 4.69) is 60.3 Å². The second-order valence-electron chi connectivity index (χ2n) is 14.5. The number of rotatable bonds is 6. The van der Waals surface area contributed by atoms with E-state index in [9.17, 15) is 27.2 Å². The van der Waals surface area contributed by atoms with Crippen LogP contribution < -0.4 is 35.7 Å². The van der Waals surface area contributed by atoms with E-state index in [1.165, 1.54) is 49.3 Å². The maximum absolute atomic E-state index is 13.1. The van der Waals surface area contributed by atoms with Crippen LogP contribution in [-0.4, -0.2) is 107 Å². The van der Waals surface area contributed by atoms with Crippen molar-refractivity contribution in [3.63, 3.8) is 0 Å². The van der Waals surface area contributed by atoms with Crippen LogP contribution >= 0.6 is 11.6 Å². The predicted molar refractivity (Wildman–Crippen MR) is 229 cm³/mol. The molecule has 0 saturated carbocycles. The van der Waals surface area contributed by atoms with Crippen LogP contribution in [0.5, 0.6) is 0 Å². The van der Waals surface area contributed by atoms with Gasteiger partial charge in [0.2, 0.25) is 0 Å². The summed E-state index contributed by atoms with van der Waals surface area (Å²) in [6.07, 6.45) is 7.89. The number of pyridine rings is 4.